The van der Waals surface area contributed by atoms with Crippen molar-refractivity contribution in [3.8, 4) is 0 Å². The molecule has 16 heavy (non-hydrogen) atoms. The second-order valence-electron chi connectivity index (χ2n) is 2.16. The molecule has 6 heteroatoms. The number of carbonyl (C=O) groups excluding carboxylic acids is 1. The van der Waals surface area contributed by atoms with Crippen molar-refractivity contribution >= 4 is 11.8 Å². The van der Waals surface area contributed by atoms with Crippen molar-refractivity contribution in [3.63, 3.8) is 0 Å². The molecule has 0 atom stereocenters. The summed E-state index contributed by atoms with van der Waals surface area (Å²) in [6.07, 6.45) is 3.93. The molecule has 0 heterocycles. The first-order chi connectivity index (χ1) is 7.40. The Bertz CT molecular complexity index is 354. The minimum Gasteiger partial charge on any atom is -0.478 e. The summed E-state index contributed by atoms with van der Waals surface area (Å²) in [5.41, 5.74) is -0.519. The first-order valence-electron chi connectivity index (χ1n) is 3.89. The Morgan fingerprint density at radius 2 is 1.62 bits per heavy atom. The van der Waals surface area contributed by atoms with Crippen LogP contribution < -0.4 is 0 Å². The van der Waals surface area contributed by atoms with Gasteiger partial charge in [0.25, 0.3) is 5.78 Å². The molecule has 0 rings (SSSR count). The zero-order valence-corrected chi connectivity index (χ0v) is 8.46. The lowest BCUT2D eigenvalue weighted by molar-refractivity contribution is -0.418. The summed E-state index contributed by atoms with van der Waals surface area (Å²) in [4.78, 5) is 29.3. The maximum absolute atomic E-state index is 10.7. The van der Waals surface area contributed by atoms with E-state index in [1.165, 1.54) is 6.08 Å². The van der Waals surface area contributed by atoms with Gasteiger partial charge < -0.3 is 5.11 Å². The van der Waals surface area contributed by atoms with Crippen molar-refractivity contribution in [2.24, 2.45) is 0 Å². The summed E-state index contributed by atoms with van der Waals surface area (Å²) in [7, 11) is 0. The summed E-state index contributed by atoms with van der Waals surface area (Å²) < 4.78 is 0. The number of carbonyl (C=O) groups is 2. The van der Waals surface area contributed by atoms with E-state index in [-0.39, 0.29) is 0 Å². The Morgan fingerprint density at radius 1 is 1.19 bits per heavy atom. The summed E-state index contributed by atoms with van der Waals surface area (Å²) >= 11 is 0. The smallest absolute Gasteiger partial charge is 0.327 e. The van der Waals surface area contributed by atoms with Crippen LogP contribution in [0.25, 0.3) is 0 Å². The van der Waals surface area contributed by atoms with E-state index in [0.717, 1.165) is 18.2 Å². The zero-order valence-electron chi connectivity index (χ0n) is 8.46. The molecule has 0 aliphatic rings. The molecule has 0 aliphatic heterocycles. The SMILES string of the molecule is C=CC(=O)O.C=CC=C(C(=O)C=C)[N+](=O)[O-]. The molecule has 0 saturated heterocycles. The standard InChI is InChI=1S/C7H7NO3.C3H4O2/c1-3-5-6(8(10)11)7(9)4-2;1-2-3(4)5/h3-5H,1-2H2;2H,1H2,(H,4,5). The molecule has 0 saturated carbocycles. The van der Waals surface area contributed by atoms with Crippen LogP contribution in [0.4, 0.5) is 0 Å². The maximum atomic E-state index is 10.7. The first kappa shape index (κ1) is 15.9. The van der Waals surface area contributed by atoms with Crippen molar-refractivity contribution in [2.45, 2.75) is 0 Å². The molecule has 0 unspecified atom stereocenters. The van der Waals surface area contributed by atoms with Gasteiger partial charge in [-0.05, 0) is 6.08 Å². The Morgan fingerprint density at radius 3 is 1.81 bits per heavy atom. The fraction of sp³-hybridized carbons (Fsp3) is 0. The molecule has 0 fully saturated rings. The molecule has 0 spiro atoms. The summed E-state index contributed by atoms with van der Waals surface area (Å²) in [6.45, 7) is 9.31. The zero-order chi connectivity index (χ0) is 13.1. The number of nitrogens with zero attached hydrogens (tertiary/aromatic N) is 1. The van der Waals surface area contributed by atoms with Gasteiger partial charge in [0.2, 0.25) is 0 Å². The second kappa shape index (κ2) is 9.07. The average Bonchev–Trinajstić information content (AvgIpc) is 2.25. The third-order valence-electron chi connectivity index (χ3n) is 1.08. The molecule has 0 bridgehead atoms. The summed E-state index contributed by atoms with van der Waals surface area (Å²) in [6, 6.07) is 0. The number of ketones is 1. The van der Waals surface area contributed by atoms with Crippen LogP contribution in [-0.2, 0) is 9.59 Å². The van der Waals surface area contributed by atoms with Crippen LogP contribution in [-0.4, -0.2) is 21.8 Å². The molecule has 0 radical (unpaired) electrons. The maximum Gasteiger partial charge on any atom is 0.327 e. The Balaban J connectivity index is 0. The van der Waals surface area contributed by atoms with Crippen LogP contribution in [0.3, 0.4) is 0 Å². The van der Waals surface area contributed by atoms with E-state index in [0.29, 0.717) is 0 Å². The topological polar surface area (TPSA) is 97.5 Å². The third kappa shape index (κ3) is 8.11. The van der Waals surface area contributed by atoms with Gasteiger partial charge in [0.1, 0.15) is 0 Å². The van der Waals surface area contributed by atoms with Crippen molar-refractivity contribution in [3.05, 3.63) is 59.9 Å². The highest BCUT2D eigenvalue weighted by molar-refractivity contribution is 6.01. The molecule has 1 N–H and O–H groups in total. The molecule has 0 aliphatic carbocycles. The minimum atomic E-state index is -0.981. The number of carboxylic acids is 1. The molecule has 0 aromatic rings. The lowest BCUT2D eigenvalue weighted by Crippen LogP contribution is -2.07. The Hall–Kier alpha value is -2.50. The van der Waals surface area contributed by atoms with Gasteiger partial charge in [-0.1, -0.05) is 25.8 Å². The van der Waals surface area contributed by atoms with Crippen LogP contribution >= 0.6 is 0 Å². The van der Waals surface area contributed by atoms with Gasteiger partial charge in [0.15, 0.2) is 0 Å². The summed E-state index contributed by atoms with van der Waals surface area (Å²) in [5, 5.41) is 17.7. The lowest BCUT2D eigenvalue weighted by Gasteiger charge is -1.88. The molecule has 0 aromatic heterocycles. The lowest BCUT2D eigenvalue weighted by atomic mass is 10.3. The molecular formula is C10H11NO5. The minimum absolute atomic E-state index is 0.519. The fourth-order valence-electron chi connectivity index (χ4n) is 0.449. The van der Waals surface area contributed by atoms with Crippen LogP contribution in [0.2, 0.25) is 0 Å². The van der Waals surface area contributed by atoms with Gasteiger partial charge >= 0.3 is 11.7 Å². The molecule has 0 aromatic carbocycles. The van der Waals surface area contributed by atoms with Crippen molar-refractivity contribution < 1.29 is 19.6 Å². The number of hydrogen-bond donors (Lipinski definition) is 1. The van der Waals surface area contributed by atoms with Crippen LogP contribution in [0, 0.1) is 10.1 Å². The highest BCUT2D eigenvalue weighted by Crippen LogP contribution is 1.98. The number of carboxylic acid groups (broad SMARTS) is 1. The molecular weight excluding hydrogens is 214 g/mol. The number of aliphatic carboxylic acids is 1. The van der Waals surface area contributed by atoms with Gasteiger partial charge in [-0.3, -0.25) is 14.9 Å². The predicted molar refractivity (Wildman–Crippen MR) is 58.3 cm³/mol. The van der Waals surface area contributed by atoms with E-state index in [4.69, 9.17) is 5.11 Å². The number of rotatable bonds is 5. The fourth-order valence-corrected chi connectivity index (χ4v) is 0.449. The van der Waals surface area contributed by atoms with Crippen molar-refractivity contribution in [2.75, 3.05) is 0 Å². The van der Waals surface area contributed by atoms with Crippen molar-refractivity contribution in [1.29, 1.82) is 0 Å². The van der Waals surface area contributed by atoms with E-state index in [2.05, 4.69) is 19.7 Å². The highest BCUT2D eigenvalue weighted by atomic mass is 16.6. The van der Waals surface area contributed by atoms with Gasteiger partial charge in [-0.2, -0.15) is 0 Å². The second-order valence-corrected chi connectivity index (χ2v) is 2.16. The third-order valence-corrected chi connectivity index (χ3v) is 1.08. The Labute approximate surface area is 92.0 Å². The molecule has 0 amide bonds. The Kier molecular flexibility index (Phi) is 9.04. The van der Waals surface area contributed by atoms with Crippen LogP contribution in [0.15, 0.2) is 49.7 Å². The normalized spacial score (nSPS) is 9.12. The van der Waals surface area contributed by atoms with E-state index < -0.39 is 22.4 Å². The van der Waals surface area contributed by atoms with E-state index in [9.17, 15) is 19.7 Å². The monoisotopic (exact) mass is 225 g/mol. The largest absolute Gasteiger partial charge is 0.478 e. The van der Waals surface area contributed by atoms with Gasteiger partial charge in [-0.15, -0.1) is 0 Å². The number of allylic oxidation sites excluding steroid dienone is 3. The van der Waals surface area contributed by atoms with E-state index in [1.54, 1.807) is 0 Å². The molecule has 86 valence electrons. The first-order valence-corrected chi connectivity index (χ1v) is 3.89. The van der Waals surface area contributed by atoms with Gasteiger partial charge in [0, 0.05) is 12.2 Å². The average molecular weight is 225 g/mol. The van der Waals surface area contributed by atoms with Gasteiger partial charge in [-0.25, -0.2) is 4.79 Å². The predicted octanol–water partition coefficient (Wildman–Crippen LogP) is 1.35. The quantitative estimate of drug-likeness (QED) is 0.329. The van der Waals surface area contributed by atoms with Crippen LogP contribution in [0.5, 0.6) is 0 Å². The highest BCUT2D eigenvalue weighted by Gasteiger charge is 2.16. The summed E-state index contributed by atoms with van der Waals surface area (Å²) in [5.74, 6) is -1.69. The number of nitro groups is 1. The van der Waals surface area contributed by atoms with E-state index in [1.807, 2.05) is 0 Å². The van der Waals surface area contributed by atoms with Crippen molar-refractivity contribution in [1.82, 2.24) is 0 Å². The van der Waals surface area contributed by atoms with E-state index >= 15 is 0 Å². The number of hydrogen-bond acceptors (Lipinski definition) is 4. The molecule has 6 nitrogen and oxygen atoms in total. The van der Waals surface area contributed by atoms with Crippen LogP contribution in [0.1, 0.15) is 0 Å². The van der Waals surface area contributed by atoms with Gasteiger partial charge in [0.05, 0.1) is 4.92 Å².